The fourth-order valence-electron chi connectivity index (χ4n) is 9.43. The number of ketones is 1. The second-order valence-electron chi connectivity index (χ2n) is 15.5. The summed E-state index contributed by atoms with van der Waals surface area (Å²) < 4.78 is 24.2. The lowest BCUT2D eigenvalue weighted by Gasteiger charge is -2.67. The van der Waals surface area contributed by atoms with Crippen LogP contribution in [0.15, 0.2) is 90.0 Å². The van der Waals surface area contributed by atoms with Crippen LogP contribution in [0.1, 0.15) is 63.4 Å². The largest absolute Gasteiger partial charge is 0.455 e. The summed E-state index contributed by atoms with van der Waals surface area (Å²) in [4.78, 5) is 55.1. The number of hydrogen-bond acceptors (Lipinski definition) is 11. The number of rotatable bonds is 6. The maximum atomic E-state index is 14.8. The van der Waals surface area contributed by atoms with Crippen LogP contribution in [-0.4, -0.2) is 87.3 Å². The first kappa shape index (κ1) is 36.7. The molecule has 0 radical (unpaired) electrons. The summed E-state index contributed by atoms with van der Waals surface area (Å²) in [7, 11) is 0. The number of aliphatic hydroxyl groups is 3. The summed E-state index contributed by atoms with van der Waals surface area (Å²) in [5, 5.41) is 39.2. The van der Waals surface area contributed by atoms with Crippen molar-refractivity contribution in [1.82, 2.24) is 0 Å². The van der Waals surface area contributed by atoms with Crippen molar-refractivity contribution in [2.24, 2.45) is 16.7 Å². The molecule has 1 heterocycles. The van der Waals surface area contributed by atoms with Crippen molar-refractivity contribution in [2.45, 2.75) is 89.2 Å². The monoisotopic (exact) mass is 724 g/mol. The van der Waals surface area contributed by atoms with Gasteiger partial charge in [-0.3, -0.25) is 9.59 Å². The number of Topliss-reactive ketones (excluding diaryl/α,β-unsaturated/α-hetero) is 1. The number of benzene rings is 3. The first-order valence-corrected chi connectivity index (χ1v) is 17.8. The molecular weight excluding hydrogens is 680 g/mol. The van der Waals surface area contributed by atoms with Crippen molar-refractivity contribution in [3.05, 3.63) is 101 Å². The molecule has 278 valence electrons. The summed E-state index contributed by atoms with van der Waals surface area (Å²) in [5.74, 6) is -4.53. The lowest BCUT2D eigenvalue weighted by Crippen LogP contribution is -2.81. The van der Waals surface area contributed by atoms with Crippen LogP contribution in [-0.2, 0) is 33.3 Å². The third-order valence-corrected chi connectivity index (χ3v) is 12.4. The van der Waals surface area contributed by atoms with Crippen LogP contribution in [0.25, 0.3) is 16.8 Å². The zero-order valence-corrected chi connectivity index (χ0v) is 30.3. The average Bonchev–Trinajstić information content (AvgIpc) is 3.12. The van der Waals surface area contributed by atoms with Crippen LogP contribution in [0.3, 0.4) is 0 Å². The fraction of sp³-hybridized carbons (Fsp3) is 0.429. The van der Waals surface area contributed by atoms with Crippen LogP contribution in [0.5, 0.6) is 0 Å². The number of fused-ring (bicyclic) bond motifs is 6. The van der Waals surface area contributed by atoms with Crippen molar-refractivity contribution < 1.29 is 53.4 Å². The van der Waals surface area contributed by atoms with E-state index in [1.165, 1.54) is 32.1 Å². The van der Waals surface area contributed by atoms with Gasteiger partial charge in [0, 0.05) is 31.3 Å². The van der Waals surface area contributed by atoms with Gasteiger partial charge in [-0.25, -0.2) is 9.59 Å². The van der Waals surface area contributed by atoms with E-state index in [1.54, 1.807) is 45.0 Å². The van der Waals surface area contributed by atoms with E-state index >= 15 is 0 Å². The number of hydrogen-bond donors (Lipinski definition) is 3. The first-order valence-electron chi connectivity index (χ1n) is 17.8. The molecule has 0 aromatic heterocycles. The molecule has 4 aliphatic rings. The number of carbonyl (C=O) groups is 4. The van der Waals surface area contributed by atoms with Gasteiger partial charge in [-0.1, -0.05) is 68.4 Å². The zero-order chi connectivity index (χ0) is 38.1. The Kier molecular flexibility index (Phi) is 9.01. The van der Waals surface area contributed by atoms with Crippen molar-refractivity contribution in [3.8, 4) is 0 Å². The minimum atomic E-state index is -2.18. The van der Waals surface area contributed by atoms with Crippen LogP contribution in [0.4, 0.5) is 0 Å². The predicted molar refractivity (Wildman–Crippen MR) is 192 cm³/mol. The molecule has 3 N–H and O–H groups in total. The van der Waals surface area contributed by atoms with Crippen LogP contribution in [0, 0.1) is 16.7 Å². The van der Waals surface area contributed by atoms with Crippen molar-refractivity contribution in [3.63, 3.8) is 0 Å². The molecule has 9 atom stereocenters. The minimum Gasteiger partial charge on any atom is -0.455 e. The minimum absolute atomic E-state index is 0.0775. The van der Waals surface area contributed by atoms with E-state index in [2.05, 4.69) is 0 Å². The molecule has 53 heavy (non-hydrogen) atoms. The molecule has 1 aliphatic heterocycles. The predicted octanol–water partition coefficient (Wildman–Crippen LogP) is 4.50. The normalized spacial score (nSPS) is 34.6. The molecule has 11 nitrogen and oxygen atoms in total. The van der Waals surface area contributed by atoms with Gasteiger partial charge in [0.05, 0.1) is 29.6 Å². The third kappa shape index (κ3) is 5.64. The van der Waals surface area contributed by atoms with Crippen LogP contribution in [0.2, 0.25) is 0 Å². The Hall–Kier alpha value is -4.68. The van der Waals surface area contributed by atoms with Crippen molar-refractivity contribution in [1.29, 1.82) is 0 Å². The van der Waals surface area contributed by atoms with Crippen LogP contribution < -0.4 is 0 Å². The Balaban J connectivity index is 1.35. The molecule has 1 unspecified atom stereocenters. The molecule has 0 amide bonds. The lowest BCUT2D eigenvalue weighted by molar-refractivity contribution is -0.345. The summed E-state index contributed by atoms with van der Waals surface area (Å²) in [6.07, 6.45) is -4.69. The van der Waals surface area contributed by atoms with E-state index in [0.717, 1.165) is 16.3 Å². The average molecular weight is 725 g/mol. The number of ether oxygens (including phenoxy) is 4. The number of aliphatic hydroxyl groups excluding tert-OH is 2. The molecule has 0 spiro atoms. The molecule has 2 saturated carbocycles. The Bertz CT molecular complexity index is 2050. The number of esters is 3. The highest BCUT2D eigenvalue weighted by Crippen LogP contribution is 2.64. The van der Waals surface area contributed by atoms with E-state index in [1.807, 2.05) is 42.5 Å². The van der Waals surface area contributed by atoms with Gasteiger partial charge in [0.2, 0.25) is 0 Å². The van der Waals surface area contributed by atoms with Gasteiger partial charge in [-0.05, 0) is 65.6 Å². The molecule has 3 aromatic rings. The van der Waals surface area contributed by atoms with Gasteiger partial charge in [0.25, 0.3) is 0 Å². The standard InChI is InChI=1S/C42H44O11/c1-23-29(51-32(45)18-16-25-15-17-26-11-9-10-14-28(26)19-25)21-42(49)37(52-38(48)27-12-7-6-8-13-27)35-40(5,36(47)34(46)33(23)39(42,3)4)30(44)20-31-41(35,22-50-31)53-24(2)43/h6-19,29-31,34-35,37,44,46,49H,20-22H2,1-5H3/b18-16+/t29?,30-,31+,34+,35-,37-,40+,41-,42+/m0/s1. The second kappa shape index (κ2) is 13.0. The zero-order valence-electron chi connectivity index (χ0n) is 30.3. The molecule has 2 bridgehead atoms. The van der Waals surface area contributed by atoms with E-state index < -0.39 is 82.2 Å². The van der Waals surface area contributed by atoms with E-state index in [4.69, 9.17) is 18.9 Å². The van der Waals surface area contributed by atoms with Gasteiger partial charge in [-0.15, -0.1) is 0 Å². The molecular formula is C42H44O11. The second-order valence-corrected chi connectivity index (χ2v) is 15.5. The molecule has 3 fully saturated rings. The van der Waals surface area contributed by atoms with E-state index in [-0.39, 0.29) is 30.6 Å². The Morgan fingerprint density at radius 1 is 0.925 bits per heavy atom. The third-order valence-electron chi connectivity index (χ3n) is 12.4. The van der Waals surface area contributed by atoms with Gasteiger partial charge >= 0.3 is 17.9 Å². The topological polar surface area (TPSA) is 166 Å². The number of carbonyl (C=O) groups excluding carboxylic acids is 4. The smallest absolute Gasteiger partial charge is 0.338 e. The van der Waals surface area contributed by atoms with Gasteiger partial charge in [0.1, 0.15) is 30.0 Å². The summed E-state index contributed by atoms with van der Waals surface area (Å²) in [6.45, 7) is 7.29. The lowest BCUT2D eigenvalue weighted by atomic mass is 9.44. The Morgan fingerprint density at radius 2 is 1.60 bits per heavy atom. The summed E-state index contributed by atoms with van der Waals surface area (Å²) in [6, 6.07) is 21.6. The highest BCUT2D eigenvalue weighted by Gasteiger charge is 2.78. The van der Waals surface area contributed by atoms with Gasteiger partial charge in [-0.2, -0.15) is 0 Å². The van der Waals surface area contributed by atoms with Crippen molar-refractivity contribution in [2.75, 3.05) is 6.61 Å². The summed E-state index contributed by atoms with van der Waals surface area (Å²) in [5.41, 5.74) is -5.92. The van der Waals surface area contributed by atoms with Crippen LogP contribution >= 0.6 is 0 Å². The molecule has 1 saturated heterocycles. The molecule has 3 aliphatic carbocycles. The quantitative estimate of drug-likeness (QED) is 0.142. The SMILES string of the molecule is CC(=O)O[C@@]12CO[C@@H]1C[C@H](O)[C@@]1(C)C(=O)[C@H](O)C3=C(C)C(OC(=O)/C=C/c4ccc5ccccc5c4)C[C@@](O)([C@@H](OC(=O)c4ccccc4)[C@H]21)C3(C)C. The van der Waals surface area contributed by atoms with Gasteiger partial charge in [0.15, 0.2) is 11.4 Å². The summed E-state index contributed by atoms with van der Waals surface area (Å²) >= 11 is 0. The first-order chi connectivity index (χ1) is 25.0. The van der Waals surface area contributed by atoms with E-state index in [0.29, 0.717) is 5.57 Å². The highest BCUT2D eigenvalue weighted by molar-refractivity contribution is 5.94. The van der Waals surface area contributed by atoms with E-state index in [9.17, 15) is 34.5 Å². The molecule has 11 heteroatoms. The highest BCUT2D eigenvalue weighted by atomic mass is 16.6. The Morgan fingerprint density at radius 3 is 2.26 bits per heavy atom. The molecule has 3 aromatic carbocycles. The maximum absolute atomic E-state index is 14.8. The Labute approximate surface area is 307 Å². The maximum Gasteiger partial charge on any atom is 0.338 e. The molecule has 7 rings (SSSR count). The fourth-order valence-corrected chi connectivity index (χ4v) is 9.43. The van der Waals surface area contributed by atoms with Gasteiger partial charge < -0.3 is 34.3 Å². The van der Waals surface area contributed by atoms with Crippen molar-refractivity contribution >= 4 is 40.5 Å².